The second kappa shape index (κ2) is 5.61. The van der Waals surface area contributed by atoms with Gasteiger partial charge in [0.15, 0.2) is 0 Å². The van der Waals surface area contributed by atoms with Crippen molar-refractivity contribution in [1.82, 2.24) is 20.0 Å². The van der Waals surface area contributed by atoms with E-state index in [-0.39, 0.29) is 24.2 Å². The molecule has 0 radical (unpaired) electrons. The number of nitrogens with zero attached hydrogens (tertiary/aromatic N) is 3. The smallest absolute Gasteiger partial charge is 0.226 e. The number of amides is 2. The van der Waals surface area contributed by atoms with E-state index in [0.717, 1.165) is 22.2 Å². The van der Waals surface area contributed by atoms with Crippen LogP contribution < -0.4 is 5.32 Å². The van der Waals surface area contributed by atoms with Crippen molar-refractivity contribution in [1.29, 1.82) is 0 Å². The summed E-state index contributed by atoms with van der Waals surface area (Å²) < 4.78 is 1.83. The highest BCUT2D eigenvalue weighted by Gasteiger charge is 2.47. The Labute approximate surface area is 141 Å². The molecule has 1 aliphatic heterocycles. The van der Waals surface area contributed by atoms with Gasteiger partial charge < -0.3 is 10.2 Å². The second-order valence-corrected chi connectivity index (χ2v) is 7.17. The lowest BCUT2D eigenvalue weighted by molar-refractivity contribution is -0.128. The molecule has 1 aromatic carbocycles. The average Bonchev–Trinajstić information content (AvgIpc) is 2.94. The number of carbonyl (C=O) groups excluding carboxylic acids is 2. The number of hydrogen-bond donors (Lipinski definition) is 1. The van der Waals surface area contributed by atoms with Crippen LogP contribution >= 0.6 is 0 Å². The van der Waals surface area contributed by atoms with E-state index in [1.165, 1.54) is 0 Å². The summed E-state index contributed by atoms with van der Waals surface area (Å²) in [5, 5.41) is 8.54. The molecule has 0 saturated carbocycles. The van der Waals surface area contributed by atoms with E-state index in [4.69, 9.17) is 0 Å². The number of nitrogens with one attached hydrogen (secondary N) is 1. The third kappa shape index (κ3) is 2.56. The molecule has 2 aromatic rings. The minimum Gasteiger partial charge on any atom is -0.350 e. The molecule has 2 amide bonds. The zero-order chi connectivity index (χ0) is 17.6. The fourth-order valence-corrected chi connectivity index (χ4v) is 3.41. The van der Waals surface area contributed by atoms with Crippen molar-refractivity contribution < 1.29 is 9.59 Å². The zero-order valence-electron chi connectivity index (χ0n) is 14.9. The minimum atomic E-state index is -0.468. The first-order valence-electron chi connectivity index (χ1n) is 8.18. The Morgan fingerprint density at radius 1 is 1.38 bits per heavy atom. The summed E-state index contributed by atoms with van der Waals surface area (Å²) in [4.78, 5) is 26.2. The molecule has 1 fully saturated rings. The highest BCUT2D eigenvalue weighted by atomic mass is 16.2. The Morgan fingerprint density at radius 3 is 2.71 bits per heavy atom. The standard InChI is InChI=1S/C18H24N4O2/c1-11-6-7-15-12(8-11)14(20-22(15)5)10-19-17(24)13-9-16(23)21(4)18(13,2)3/h6-8,13H,9-10H2,1-5H3,(H,19,24)/t13-/m0/s1. The number of carbonyl (C=O) groups is 2. The summed E-state index contributed by atoms with van der Waals surface area (Å²) in [7, 11) is 3.65. The molecule has 1 saturated heterocycles. The lowest BCUT2D eigenvalue weighted by atomic mass is 9.88. The van der Waals surface area contributed by atoms with Crippen molar-refractivity contribution in [3.05, 3.63) is 29.5 Å². The van der Waals surface area contributed by atoms with Crippen molar-refractivity contribution >= 4 is 22.7 Å². The van der Waals surface area contributed by atoms with Crippen LogP contribution in [0.2, 0.25) is 0 Å². The number of likely N-dealkylation sites (tertiary alicyclic amines) is 1. The molecule has 6 nitrogen and oxygen atoms in total. The van der Waals surface area contributed by atoms with E-state index in [0.29, 0.717) is 6.54 Å². The van der Waals surface area contributed by atoms with Crippen LogP contribution in [0.4, 0.5) is 0 Å². The molecule has 0 bridgehead atoms. The lowest BCUT2D eigenvalue weighted by Crippen LogP contribution is -2.46. The number of hydrogen-bond acceptors (Lipinski definition) is 3. The maximum atomic E-state index is 12.6. The molecule has 1 atom stereocenters. The lowest BCUT2D eigenvalue weighted by Gasteiger charge is -2.32. The van der Waals surface area contributed by atoms with E-state index in [1.54, 1.807) is 11.9 Å². The highest BCUT2D eigenvalue weighted by molar-refractivity contribution is 5.91. The topological polar surface area (TPSA) is 67.2 Å². The van der Waals surface area contributed by atoms with Gasteiger partial charge in [-0.1, -0.05) is 11.6 Å². The van der Waals surface area contributed by atoms with E-state index in [9.17, 15) is 9.59 Å². The monoisotopic (exact) mass is 328 g/mol. The van der Waals surface area contributed by atoms with Gasteiger partial charge in [0.1, 0.15) is 0 Å². The van der Waals surface area contributed by atoms with E-state index < -0.39 is 5.54 Å². The van der Waals surface area contributed by atoms with Gasteiger partial charge in [-0.25, -0.2) is 0 Å². The molecule has 0 aliphatic carbocycles. The Kier molecular flexibility index (Phi) is 3.86. The predicted octanol–water partition coefficient (Wildman–Crippen LogP) is 1.75. The molecule has 128 valence electrons. The molecule has 1 aromatic heterocycles. The third-order valence-electron chi connectivity index (χ3n) is 5.30. The molecular formula is C18H24N4O2. The Balaban J connectivity index is 1.78. The van der Waals surface area contributed by atoms with Crippen molar-refractivity contribution in [2.24, 2.45) is 13.0 Å². The summed E-state index contributed by atoms with van der Waals surface area (Å²) >= 11 is 0. The molecule has 6 heteroatoms. The van der Waals surface area contributed by atoms with Gasteiger partial charge in [-0.15, -0.1) is 0 Å². The summed E-state index contributed by atoms with van der Waals surface area (Å²) in [5.41, 5.74) is 2.58. The first-order valence-corrected chi connectivity index (χ1v) is 8.18. The number of aryl methyl sites for hydroxylation is 2. The SMILES string of the molecule is Cc1ccc2c(c1)c(CNC(=O)[C@@H]1CC(=O)N(C)C1(C)C)nn2C. The second-order valence-electron chi connectivity index (χ2n) is 7.17. The van der Waals surface area contributed by atoms with Gasteiger partial charge in [0.25, 0.3) is 0 Å². The summed E-state index contributed by atoms with van der Waals surface area (Å²) in [5.74, 6) is -0.421. The molecular weight excluding hydrogens is 304 g/mol. The van der Waals surface area contributed by atoms with Crippen LogP contribution in [0, 0.1) is 12.8 Å². The predicted molar refractivity (Wildman–Crippen MR) is 92.3 cm³/mol. The summed E-state index contributed by atoms with van der Waals surface area (Å²) in [6.07, 6.45) is 0.261. The first-order chi connectivity index (χ1) is 11.2. The van der Waals surface area contributed by atoms with Crippen LogP contribution in [0.25, 0.3) is 10.9 Å². The molecule has 24 heavy (non-hydrogen) atoms. The van der Waals surface area contributed by atoms with Crippen LogP contribution in [0.3, 0.4) is 0 Å². The van der Waals surface area contributed by atoms with Crippen LogP contribution in [0.1, 0.15) is 31.5 Å². The van der Waals surface area contributed by atoms with Gasteiger partial charge in [-0.3, -0.25) is 14.3 Å². The number of benzene rings is 1. The highest BCUT2D eigenvalue weighted by Crippen LogP contribution is 2.34. The molecule has 0 unspecified atom stereocenters. The Morgan fingerprint density at radius 2 is 2.08 bits per heavy atom. The quantitative estimate of drug-likeness (QED) is 0.933. The van der Waals surface area contributed by atoms with Crippen molar-refractivity contribution in [2.45, 2.75) is 39.3 Å². The molecule has 2 heterocycles. The molecule has 0 spiro atoms. The van der Waals surface area contributed by atoms with Crippen LogP contribution in [0.15, 0.2) is 18.2 Å². The van der Waals surface area contributed by atoms with E-state index >= 15 is 0 Å². The van der Waals surface area contributed by atoms with Gasteiger partial charge in [-0.05, 0) is 32.9 Å². The third-order valence-corrected chi connectivity index (χ3v) is 5.30. The maximum absolute atomic E-state index is 12.6. The normalized spacial score (nSPS) is 20.0. The molecule has 1 aliphatic rings. The Bertz CT molecular complexity index is 822. The van der Waals surface area contributed by atoms with Gasteiger partial charge in [0.2, 0.25) is 11.8 Å². The van der Waals surface area contributed by atoms with Crippen molar-refractivity contribution in [2.75, 3.05) is 7.05 Å². The van der Waals surface area contributed by atoms with Gasteiger partial charge >= 0.3 is 0 Å². The van der Waals surface area contributed by atoms with Crippen LogP contribution in [-0.4, -0.2) is 39.1 Å². The average molecular weight is 328 g/mol. The minimum absolute atomic E-state index is 0.0130. The summed E-state index contributed by atoms with van der Waals surface area (Å²) in [6, 6.07) is 6.17. The number of rotatable bonds is 3. The fourth-order valence-electron chi connectivity index (χ4n) is 3.41. The number of aromatic nitrogens is 2. The van der Waals surface area contributed by atoms with Gasteiger partial charge in [0.05, 0.1) is 23.7 Å². The van der Waals surface area contributed by atoms with Crippen molar-refractivity contribution in [3.63, 3.8) is 0 Å². The molecule has 3 rings (SSSR count). The van der Waals surface area contributed by atoms with Crippen LogP contribution in [0.5, 0.6) is 0 Å². The summed E-state index contributed by atoms with van der Waals surface area (Å²) in [6.45, 7) is 6.27. The maximum Gasteiger partial charge on any atom is 0.226 e. The first kappa shape index (κ1) is 16.5. The molecule has 1 N–H and O–H groups in total. The van der Waals surface area contributed by atoms with E-state index in [1.807, 2.05) is 38.6 Å². The zero-order valence-corrected chi connectivity index (χ0v) is 14.9. The largest absolute Gasteiger partial charge is 0.350 e. The van der Waals surface area contributed by atoms with E-state index in [2.05, 4.69) is 22.5 Å². The Hall–Kier alpha value is -2.37. The number of fused-ring (bicyclic) bond motifs is 1. The van der Waals surface area contributed by atoms with Crippen molar-refractivity contribution in [3.8, 4) is 0 Å². The fraction of sp³-hybridized carbons (Fsp3) is 0.500. The van der Waals surface area contributed by atoms with Gasteiger partial charge in [-0.2, -0.15) is 5.10 Å². The van der Waals surface area contributed by atoms with Gasteiger partial charge in [0, 0.05) is 31.4 Å². The van der Waals surface area contributed by atoms with Crippen LogP contribution in [-0.2, 0) is 23.2 Å².